The maximum atomic E-state index is 13.1. The number of nitrogens with one attached hydrogen (secondary N) is 3. The Balaban J connectivity index is 1.58. The number of carbonyl (C=O) groups is 1. The zero-order chi connectivity index (χ0) is 25.7. The lowest BCUT2D eigenvalue weighted by molar-refractivity contribution is 0.0977. The molecular formula is C25H25ClN4O4S2. The Labute approximate surface area is 220 Å². The summed E-state index contributed by atoms with van der Waals surface area (Å²) in [5, 5.41) is 6.22. The Bertz CT molecular complexity index is 1360. The highest BCUT2D eigenvalue weighted by atomic mass is 35.5. The molecule has 36 heavy (non-hydrogen) atoms. The van der Waals surface area contributed by atoms with Gasteiger partial charge >= 0.3 is 0 Å². The standard InChI is InChI=1S/C25H25ClN4O4S2/c1-17-2-4-18(5-3-17)24(31)28-25(35)27-22-16-21(10-11-23(22)30-12-14-34-15-13-30)36(32,33)29-20-8-6-19(26)7-9-20/h2-11,16,29H,12-15H2,1H3,(H2,27,28,31,35). The van der Waals surface area contributed by atoms with Gasteiger partial charge in [0.25, 0.3) is 15.9 Å². The second-order valence-electron chi connectivity index (χ2n) is 8.17. The van der Waals surface area contributed by atoms with E-state index in [-0.39, 0.29) is 15.9 Å². The highest BCUT2D eigenvalue weighted by Crippen LogP contribution is 2.30. The van der Waals surface area contributed by atoms with E-state index in [0.717, 1.165) is 11.3 Å². The second-order valence-corrected chi connectivity index (χ2v) is 10.7. The van der Waals surface area contributed by atoms with Crippen LogP contribution in [0.3, 0.4) is 0 Å². The van der Waals surface area contributed by atoms with Gasteiger partial charge in [0.15, 0.2) is 5.11 Å². The van der Waals surface area contributed by atoms with Crippen molar-refractivity contribution in [2.24, 2.45) is 0 Å². The van der Waals surface area contributed by atoms with Gasteiger partial charge in [0, 0.05) is 29.4 Å². The van der Waals surface area contributed by atoms with E-state index in [4.69, 9.17) is 28.6 Å². The molecule has 1 fully saturated rings. The Hall–Kier alpha value is -3.18. The van der Waals surface area contributed by atoms with Gasteiger partial charge in [0.1, 0.15) is 0 Å². The summed E-state index contributed by atoms with van der Waals surface area (Å²) in [6, 6.07) is 18.2. The molecule has 0 unspecified atom stereocenters. The molecule has 3 aromatic carbocycles. The van der Waals surface area contributed by atoms with Gasteiger partial charge in [-0.25, -0.2) is 8.42 Å². The minimum absolute atomic E-state index is 0.0321. The van der Waals surface area contributed by atoms with Crippen LogP contribution in [-0.2, 0) is 14.8 Å². The van der Waals surface area contributed by atoms with Gasteiger partial charge < -0.3 is 15.0 Å². The lowest BCUT2D eigenvalue weighted by Gasteiger charge is -2.31. The number of hydrogen-bond donors (Lipinski definition) is 3. The minimum Gasteiger partial charge on any atom is -0.378 e. The maximum Gasteiger partial charge on any atom is 0.261 e. The molecule has 0 aromatic heterocycles. The molecule has 188 valence electrons. The first kappa shape index (κ1) is 25.9. The SMILES string of the molecule is Cc1ccc(C(=O)NC(=S)Nc2cc(S(=O)(=O)Nc3ccc(Cl)cc3)ccc2N2CCOCC2)cc1. The van der Waals surface area contributed by atoms with Crippen LogP contribution in [0.15, 0.2) is 71.6 Å². The lowest BCUT2D eigenvalue weighted by Crippen LogP contribution is -2.38. The number of thiocarbonyl (C=S) groups is 1. The zero-order valence-electron chi connectivity index (χ0n) is 19.5. The van der Waals surface area contributed by atoms with E-state index in [0.29, 0.717) is 48.3 Å². The topological polar surface area (TPSA) is 99.8 Å². The number of halogens is 1. The van der Waals surface area contributed by atoms with E-state index in [9.17, 15) is 13.2 Å². The Kier molecular flexibility index (Phi) is 8.10. The van der Waals surface area contributed by atoms with E-state index in [1.54, 1.807) is 42.5 Å². The van der Waals surface area contributed by atoms with Crippen LogP contribution in [0, 0.1) is 6.92 Å². The largest absolute Gasteiger partial charge is 0.378 e. The molecule has 1 amide bonds. The quantitative estimate of drug-likeness (QED) is 0.395. The van der Waals surface area contributed by atoms with Crippen molar-refractivity contribution in [2.45, 2.75) is 11.8 Å². The number of morpholine rings is 1. The molecule has 3 aromatic rings. The third kappa shape index (κ3) is 6.52. The number of hydrogen-bond acceptors (Lipinski definition) is 6. The van der Waals surface area contributed by atoms with Crippen molar-refractivity contribution in [3.8, 4) is 0 Å². The van der Waals surface area contributed by atoms with Crippen molar-refractivity contribution in [1.82, 2.24) is 5.32 Å². The average Bonchev–Trinajstić information content (AvgIpc) is 2.86. The summed E-state index contributed by atoms with van der Waals surface area (Å²) in [5.41, 5.74) is 3.07. The number of benzene rings is 3. The maximum absolute atomic E-state index is 13.1. The van der Waals surface area contributed by atoms with Crippen molar-refractivity contribution in [3.63, 3.8) is 0 Å². The van der Waals surface area contributed by atoms with Gasteiger partial charge in [-0.2, -0.15) is 0 Å². The Morgan fingerprint density at radius 2 is 1.67 bits per heavy atom. The number of anilines is 3. The van der Waals surface area contributed by atoms with Gasteiger partial charge in [-0.15, -0.1) is 0 Å². The summed E-state index contributed by atoms with van der Waals surface area (Å²) < 4.78 is 34.2. The van der Waals surface area contributed by atoms with Gasteiger partial charge in [-0.3, -0.25) is 14.8 Å². The normalized spacial score (nSPS) is 13.7. The van der Waals surface area contributed by atoms with Crippen molar-refractivity contribution in [1.29, 1.82) is 0 Å². The molecule has 1 aliphatic heterocycles. The Morgan fingerprint density at radius 1 is 1.00 bits per heavy atom. The van der Waals surface area contributed by atoms with Crippen molar-refractivity contribution in [2.75, 3.05) is 41.2 Å². The zero-order valence-corrected chi connectivity index (χ0v) is 21.8. The molecule has 1 saturated heterocycles. The molecule has 0 radical (unpaired) electrons. The number of sulfonamides is 1. The van der Waals surface area contributed by atoms with Gasteiger partial charge in [-0.1, -0.05) is 29.3 Å². The fraction of sp³-hybridized carbons (Fsp3) is 0.200. The fourth-order valence-electron chi connectivity index (χ4n) is 3.63. The molecular weight excluding hydrogens is 520 g/mol. The predicted molar refractivity (Wildman–Crippen MR) is 147 cm³/mol. The monoisotopic (exact) mass is 544 g/mol. The lowest BCUT2D eigenvalue weighted by atomic mass is 10.1. The number of rotatable bonds is 6. The molecule has 1 heterocycles. The number of carbonyl (C=O) groups excluding carboxylic acids is 1. The van der Waals surface area contributed by atoms with Crippen LogP contribution in [0.1, 0.15) is 15.9 Å². The van der Waals surface area contributed by atoms with E-state index >= 15 is 0 Å². The van der Waals surface area contributed by atoms with Crippen molar-refractivity contribution >= 4 is 61.9 Å². The first-order chi connectivity index (χ1) is 17.2. The van der Waals surface area contributed by atoms with Gasteiger partial charge in [0.2, 0.25) is 0 Å². The first-order valence-corrected chi connectivity index (χ1v) is 13.4. The summed E-state index contributed by atoms with van der Waals surface area (Å²) in [4.78, 5) is 14.7. The van der Waals surface area contributed by atoms with Crippen LogP contribution < -0.4 is 20.3 Å². The molecule has 11 heteroatoms. The molecule has 0 aliphatic carbocycles. The van der Waals surface area contributed by atoms with Gasteiger partial charge in [-0.05, 0) is 73.7 Å². The molecule has 0 spiro atoms. The number of aryl methyl sites for hydroxylation is 1. The van der Waals surface area contributed by atoms with E-state index in [2.05, 4.69) is 20.3 Å². The first-order valence-electron chi connectivity index (χ1n) is 11.2. The van der Waals surface area contributed by atoms with Crippen LogP contribution in [-0.4, -0.2) is 45.7 Å². The van der Waals surface area contributed by atoms with Crippen LogP contribution >= 0.6 is 23.8 Å². The summed E-state index contributed by atoms with van der Waals surface area (Å²) in [5.74, 6) is -0.367. The second kappa shape index (κ2) is 11.3. The van der Waals surface area contributed by atoms with Crippen LogP contribution in [0.5, 0.6) is 0 Å². The molecule has 0 bridgehead atoms. The third-order valence-electron chi connectivity index (χ3n) is 5.52. The summed E-state index contributed by atoms with van der Waals surface area (Å²) >= 11 is 11.3. The van der Waals surface area contributed by atoms with Crippen LogP contribution in [0.2, 0.25) is 5.02 Å². The van der Waals surface area contributed by atoms with Gasteiger partial charge in [0.05, 0.1) is 29.5 Å². The number of nitrogens with zero attached hydrogens (tertiary/aromatic N) is 1. The minimum atomic E-state index is -3.91. The van der Waals surface area contributed by atoms with E-state index < -0.39 is 10.0 Å². The van der Waals surface area contributed by atoms with Crippen LogP contribution in [0.25, 0.3) is 0 Å². The smallest absolute Gasteiger partial charge is 0.261 e. The van der Waals surface area contributed by atoms with E-state index in [1.165, 1.54) is 12.1 Å². The molecule has 0 atom stereocenters. The Morgan fingerprint density at radius 3 is 2.33 bits per heavy atom. The number of amides is 1. The molecule has 8 nitrogen and oxygen atoms in total. The fourth-order valence-corrected chi connectivity index (χ4v) is 5.04. The molecule has 4 rings (SSSR count). The van der Waals surface area contributed by atoms with Crippen molar-refractivity contribution < 1.29 is 17.9 Å². The number of ether oxygens (including phenoxy) is 1. The summed E-state index contributed by atoms with van der Waals surface area (Å²) in [6.07, 6.45) is 0. The summed E-state index contributed by atoms with van der Waals surface area (Å²) in [6.45, 7) is 4.29. The van der Waals surface area contributed by atoms with Crippen LogP contribution in [0.4, 0.5) is 17.1 Å². The molecule has 0 saturated carbocycles. The highest BCUT2D eigenvalue weighted by molar-refractivity contribution is 7.92. The summed E-state index contributed by atoms with van der Waals surface area (Å²) in [7, 11) is -3.91. The predicted octanol–water partition coefficient (Wildman–Crippen LogP) is 4.41. The van der Waals surface area contributed by atoms with E-state index in [1.807, 2.05) is 19.1 Å². The molecule has 3 N–H and O–H groups in total. The third-order valence-corrected chi connectivity index (χ3v) is 7.35. The van der Waals surface area contributed by atoms with Crippen molar-refractivity contribution in [3.05, 3.63) is 82.9 Å². The highest BCUT2D eigenvalue weighted by Gasteiger charge is 2.21. The molecule has 1 aliphatic rings. The average molecular weight is 545 g/mol.